The van der Waals surface area contributed by atoms with Gasteiger partial charge < -0.3 is 0 Å². The van der Waals surface area contributed by atoms with Gasteiger partial charge in [-0.2, -0.15) is 8.42 Å². The summed E-state index contributed by atoms with van der Waals surface area (Å²) in [6.07, 6.45) is -0.255. The van der Waals surface area contributed by atoms with Crippen LogP contribution in [0.3, 0.4) is 0 Å². The van der Waals surface area contributed by atoms with Crippen molar-refractivity contribution in [1.29, 1.82) is 0 Å². The summed E-state index contributed by atoms with van der Waals surface area (Å²) >= 11 is 0. The van der Waals surface area contributed by atoms with E-state index in [4.69, 9.17) is 4.55 Å². The minimum atomic E-state index is -4.44. The molecule has 3 nitrogen and oxygen atoms in total. The fraction of sp³-hybridized carbons (Fsp3) is 0.143. The maximum Gasteiger partial charge on any atom is 0.294 e. The van der Waals surface area contributed by atoms with Gasteiger partial charge in [0.05, 0.1) is 4.90 Å². The second kappa shape index (κ2) is 5.30. The Hall–Kier alpha value is -1.79. The molecule has 0 heterocycles. The molecule has 0 amide bonds. The predicted octanol–water partition coefficient (Wildman–Crippen LogP) is 3.11. The third kappa shape index (κ3) is 3.02. The molecular formula is C14H12F2O3S. The Labute approximate surface area is 115 Å². The SMILES string of the molecule is Cc1ccc(S(=O)(=O)O)c(Cc2c(F)cccc2F)c1. The fourth-order valence-electron chi connectivity index (χ4n) is 1.99. The quantitative estimate of drug-likeness (QED) is 0.886. The van der Waals surface area contributed by atoms with Crippen LogP contribution in [0.4, 0.5) is 8.78 Å². The van der Waals surface area contributed by atoms with E-state index in [1.165, 1.54) is 24.3 Å². The summed E-state index contributed by atoms with van der Waals surface area (Å²) in [5, 5.41) is 0. The standard InChI is InChI=1S/C14H12F2O3S/c1-9-5-6-14(20(17,18)19)10(7-9)8-11-12(15)3-2-4-13(11)16/h2-7H,8H2,1H3,(H,17,18,19). The molecule has 0 aromatic heterocycles. The summed E-state index contributed by atoms with van der Waals surface area (Å²) in [7, 11) is -4.44. The van der Waals surface area contributed by atoms with Crippen LogP contribution >= 0.6 is 0 Å². The van der Waals surface area contributed by atoms with Crippen molar-refractivity contribution in [3.8, 4) is 0 Å². The summed E-state index contributed by atoms with van der Waals surface area (Å²) in [6, 6.07) is 7.63. The van der Waals surface area contributed by atoms with Gasteiger partial charge in [0.15, 0.2) is 0 Å². The van der Waals surface area contributed by atoms with Gasteiger partial charge in [-0.3, -0.25) is 4.55 Å². The molecule has 0 bridgehead atoms. The summed E-state index contributed by atoms with van der Waals surface area (Å²) in [5.74, 6) is -1.51. The van der Waals surface area contributed by atoms with Crippen molar-refractivity contribution in [2.75, 3.05) is 0 Å². The molecular weight excluding hydrogens is 286 g/mol. The monoisotopic (exact) mass is 298 g/mol. The number of benzene rings is 2. The van der Waals surface area contributed by atoms with Crippen molar-refractivity contribution in [3.05, 3.63) is 64.7 Å². The first-order valence-electron chi connectivity index (χ1n) is 5.79. The zero-order valence-corrected chi connectivity index (χ0v) is 11.4. The molecule has 2 aromatic carbocycles. The van der Waals surface area contributed by atoms with E-state index in [-0.39, 0.29) is 22.4 Å². The van der Waals surface area contributed by atoms with Gasteiger partial charge in [-0.25, -0.2) is 8.78 Å². The van der Waals surface area contributed by atoms with Crippen LogP contribution in [0.15, 0.2) is 41.3 Å². The molecule has 106 valence electrons. The van der Waals surface area contributed by atoms with Crippen molar-refractivity contribution < 1.29 is 21.8 Å². The van der Waals surface area contributed by atoms with Crippen LogP contribution in [-0.2, 0) is 16.5 Å². The number of halogens is 2. The molecule has 0 aliphatic heterocycles. The smallest absolute Gasteiger partial charge is 0.282 e. The average molecular weight is 298 g/mol. The number of rotatable bonds is 3. The lowest BCUT2D eigenvalue weighted by molar-refractivity contribution is 0.482. The summed E-state index contributed by atoms with van der Waals surface area (Å²) in [6.45, 7) is 1.72. The van der Waals surface area contributed by atoms with Gasteiger partial charge >= 0.3 is 0 Å². The highest BCUT2D eigenvalue weighted by molar-refractivity contribution is 7.85. The molecule has 20 heavy (non-hydrogen) atoms. The van der Waals surface area contributed by atoms with Gasteiger partial charge in [0.1, 0.15) is 11.6 Å². The average Bonchev–Trinajstić information content (AvgIpc) is 2.32. The Balaban J connectivity index is 2.56. The molecule has 0 saturated heterocycles. The molecule has 2 rings (SSSR count). The van der Waals surface area contributed by atoms with Crippen LogP contribution in [0.1, 0.15) is 16.7 Å². The van der Waals surface area contributed by atoms with Crippen molar-refractivity contribution in [1.82, 2.24) is 0 Å². The van der Waals surface area contributed by atoms with Gasteiger partial charge in [0, 0.05) is 12.0 Å². The Bertz CT molecular complexity index is 735. The Kier molecular flexibility index (Phi) is 3.87. The minimum Gasteiger partial charge on any atom is -0.282 e. The van der Waals surface area contributed by atoms with Crippen molar-refractivity contribution in [2.24, 2.45) is 0 Å². The van der Waals surface area contributed by atoms with Crippen LogP contribution in [-0.4, -0.2) is 13.0 Å². The van der Waals surface area contributed by atoms with Gasteiger partial charge in [-0.05, 0) is 30.7 Å². The molecule has 0 radical (unpaired) electrons. The highest BCUT2D eigenvalue weighted by atomic mass is 32.2. The van der Waals surface area contributed by atoms with Crippen LogP contribution in [0.2, 0.25) is 0 Å². The lowest BCUT2D eigenvalue weighted by Gasteiger charge is -2.10. The van der Waals surface area contributed by atoms with E-state index in [1.54, 1.807) is 6.92 Å². The summed E-state index contributed by atoms with van der Waals surface area (Å²) < 4.78 is 59.0. The van der Waals surface area contributed by atoms with Crippen LogP contribution in [0.25, 0.3) is 0 Å². The van der Waals surface area contributed by atoms with E-state index < -0.39 is 21.8 Å². The molecule has 0 aliphatic rings. The number of aryl methyl sites for hydroxylation is 1. The van der Waals surface area contributed by atoms with Crippen molar-refractivity contribution in [2.45, 2.75) is 18.2 Å². The second-order valence-electron chi connectivity index (χ2n) is 4.46. The Morgan fingerprint density at radius 1 is 1.10 bits per heavy atom. The maximum atomic E-state index is 13.6. The van der Waals surface area contributed by atoms with Crippen LogP contribution in [0, 0.1) is 18.6 Å². The molecule has 0 unspecified atom stereocenters. The normalized spacial score (nSPS) is 11.6. The third-order valence-electron chi connectivity index (χ3n) is 2.92. The first-order chi connectivity index (χ1) is 9.29. The fourth-order valence-corrected chi connectivity index (χ4v) is 2.69. The van der Waals surface area contributed by atoms with E-state index in [1.807, 2.05) is 0 Å². The Morgan fingerprint density at radius 2 is 1.70 bits per heavy atom. The zero-order valence-electron chi connectivity index (χ0n) is 10.6. The molecule has 2 aromatic rings. The van der Waals surface area contributed by atoms with Crippen LogP contribution < -0.4 is 0 Å². The van der Waals surface area contributed by atoms with E-state index in [0.717, 1.165) is 17.7 Å². The van der Waals surface area contributed by atoms with Gasteiger partial charge in [-0.15, -0.1) is 0 Å². The maximum absolute atomic E-state index is 13.6. The minimum absolute atomic E-state index is 0.150. The molecule has 0 aliphatic carbocycles. The third-order valence-corrected chi connectivity index (χ3v) is 3.88. The first-order valence-corrected chi connectivity index (χ1v) is 7.23. The van der Waals surface area contributed by atoms with Crippen LogP contribution in [0.5, 0.6) is 0 Å². The summed E-state index contributed by atoms with van der Waals surface area (Å²) in [4.78, 5) is -0.342. The van der Waals surface area contributed by atoms with Gasteiger partial charge in [-0.1, -0.05) is 23.8 Å². The zero-order chi connectivity index (χ0) is 14.9. The van der Waals surface area contributed by atoms with E-state index in [0.29, 0.717) is 0 Å². The lowest BCUT2D eigenvalue weighted by atomic mass is 10.0. The molecule has 0 fully saturated rings. The largest absolute Gasteiger partial charge is 0.294 e. The summed E-state index contributed by atoms with van der Waals surface area (Å²) in [5.41, 5.74) is 0.642. The molecule has 6 heteroatoms. The van der Waals surface area contributed by atoms with E-state index in [2.05, 4.69) is 0 Å². The lowest BCUT2D eigenvalue weighted by Crippen LogP contribution is -2.06. The number of hydrogen-bond acceptors (Lipinski definition) is 2. The van der Waals surface area contributed by atoms with E-state index in [9.17, 15) is 17.2 Å². The van der Waals surface area contributed by atoms with Crippen molar-refractivity contribution in [3.63, 3.8) is 0 Å². The van der Waals surface area contributed by atoms with Gasteiger partial charge in [0.2, 0.25) is 0 Å². The Morgan fingerprint density at radius 3 is 2.25 bits per heavy atom. The topological polar surface area (TPSA) is 54.4 Å². The highest BCUT2D eigenvalue weighted by Gasteiger charge is 2.18. The van der Waals surface area contributed by atoms with E-state index >= 15 is 0 Å². The predicted molar refractivity (Wildman–Crippen MR) is 70.2 cm³/mol. The first kappa shape index (κ1) is 14.6. The molecule has 0 spiro atoms. The number of hydrogen-bond donors (Lipinski definition) is 1. The molecule has 0 saturated carbocycles. The second-order valence-corrected chi connectivity index (χ2v) is 5.85. The van der Waals surface area contributed by atoms with Crippen molar-refractivity contribution >= 4 is 10.1 Å². The molecule has 1 N–H and O–H groups in total. The van der Waals surface area contributed by atoms with Gasteiger partial charge in [0.25, 0.3) is 10.1 Å². The molecule has 0 atom stereocenters. The highest BCUT2D eigenvalue weighted by Crippen LogP contribution is 2.23.